The Hall–Kier alpha value is -2.69. The van der Waals surface area contributed by atoms with Crippen LogP contribution in [0, 0.1) is 18.6 Å². The number of rotatable bonds is 5. The summed E-state index contributed by atoms with van der Waals surface area (Å²) >= 11 is 0. The summed E-state index contributed by atoms with van der Waals surface area (Å²) in [5.74, 6) is -0.772. The summed E-state index contributed by atoms with van der Waals surface area (Å²) < 4.78 is 27.0. The van der Waals surface area contributed by atoms with Crippen LogP contribution in [-0.4, -0.2) is 17.4 Å². The molecule has 0 aliphatic carbocycles. The van der Waals surface area contributed by atoms with Gasteiger partial charge in [-0.15, -0.1) is 0 Å². The van der Waals surface area contributed by atoms with Gasteiger partial charge < -0.3 is 10.3 Å². The third kappa shape index (κ3) is 3.77. The van der Waals surface area contributed by atoms with Gasteiger partial charge in [-0.2, -0.15) is 0 Å². The van der Waals surface area contributed by atoms with E-state index in [4.69, 9.17) is 0 Å². The molecule has 5 heteroatoms. The van der Waals surface area contributed by atoms with Gasteiger partial charge in [0.05, 0.1) is 6.42 Å². The van der Waals surface area contributed by atoms with E-state index in [0.29, 0.717) is 6.54 Å². The number of benzene rings is 2. The standard InChI is InChI=1S/C21H22F2N2O/c1-13-17(18-10-16(23)7-8-19(18)25-13)11-20(26)24-12-21(2,3)14-5-4-6-15(22)9-14/h4-10,25H,11-12H2,1-3H3,(H,24,26). The molecule has 1 heterocycles. The minimum atomic E-state index is -0.404. The zero-order chi connectivity index (χ0) is 18.9. The van der Waals surface area contributed by atoms with Gasteiger partial charge in [-0.1, -0.05) is 26.0 Å². The average Bonchev–Trinajstić information content (AvgIpc) is 2.88. The largest absolute Gasteiger partial charge is 0.358 e. The summed E-state index contributed by atoms with van der Waals surface area (Å²) in [7, 11) is 0. The van der Waals surface area contributed by atoms with E-state index in [-0.39, 0.29) is 24.0 Å². The molecule has 2 aromatic carbocycles. The van der Waals surface area contributed by atoms with Crippen molar-refractivity contribution in [1.29, 1.82) is 0 Å². The lowest BCUT2D eigenvalue weighted by molar-refractivity contribution is -0.120. The highest BCUT2D eigenvalue weighted by molar-refractivity contribution is 5.90. The molecule has 0 bridgehead atoms. The molecule has 1 amide bonds. The van der Waals surface area contributed by atoms with E-state index in [1.165, 1.54) is 24.3 Å². The van der Waals surface area contributed by atoms with Crippen molar-refractivity contribution in [2.75, 3.05) is 6.54 Å². The first-order valence-electron chi connectivity index (χ1n) is 8.56. The summed E-state index contributed by atoms with van der Waals surface area (Å²) in [4.78, 5) is 15.6. The lowest BCUT2D eigenvalue weighted by Crippen LogP contribution is -2.37. The van der Waals surface area contributed by atoms with Gasteiger partial charge in [0.25, 0.3) is 0 Å². The van der Waals surface area contributed by atoms with E-state index in [9.17, 15) is 13.6 Å². The number of aromatic nitrogens is 1. The highest BCUT2D eigenvalue weighted by Crippen LogP contribution is 2.25. The first-order chi connectivity index (χ1) is 12.3. The van der Waals surface area contributed by atoms with Crippen LogP contribution >= 0.6 is 0 Å². The minimum absolute atomic E-state index is 0.150. The van der Waals surface area contributed by atoms with Crippen molar-refractivity contribution in [2.24, 2.45) is 0 Å². The van der Waals surface area contributed by atoms with Crippen LogP contribution in [0.2, 0.25) is 0 Å². The molecule has 0 aliphatic heterocycles. The molecule has 0 atom stereocenters. The molecule has 0 aliphatic rings. The molecule has 26 heavy (non-hydrogen) atoms. The molecule has 3 rings (SSSR count). The van der Waals surface area contributed by atoms with Crippen LogP contribution in [0.3, 0.4) is 0 Å². The van der Waals surface area contributed by atoms with Gasteiger partial charge in [-0.05, 0) is 48.4 Å². The average molecular weight is 356 g/mol. The Morgan fingerprint density at radius 2 is 1.85 bits per heavy atom. The van der Waals surface area contributed by atoms with Crippen LogP contribution < -0.4 is 5.32 Å². The molecule has 3 nitrogen and oxygen atoms in total. The number of H-pyrrole nitrogens is 1. The van der Waals surface area contributed by atoms with E-state index < -0.39 is 5.41 Å². The molecule has 0 saturated heterocycles. The van der Waals surface area contributed by atoms with Gasteiger partial charge in [0.1, 0.15) is 11.6 Å². The maximum atomic E-state index is 13.5. The number of carbonyl (C=O) groups is 1. The second-order valence-electron chi connectivity index (χ2n) is 7.27. The summed E-state index contributed by atoms with van der Waals surface area (Å²) in [5, 5.41) is 3.64. The number of carbonyl (C=O) groups excluding carboxylic acids is 1. The summed E-state index contributed by atoms with van der Waals surface area (Å²) in [5.41, 5.74) is 2.87. The number of hydrogen-bond donors (Lipinski definition) is 2. The van der Waals surface area contributed by atoms with Crippen molar-refractivity contribution in [3.63, 3.8) is 0 Å². The van der Waals surface area contributed by atoms with Crippen LogP contribution in [0.1, 0.15) is 30.7 Å². The van der Waals surface area contributed by atoms with Gasteiger partial charge in [0, 0.05) is 28.6 Å². The fourth-order valence-corrected chi connectivity index (χ4v) is 3.14. The second-order valence-corrected chi connectivity index (χ2v) is 7.27. The number of nitrogens with one attached hydrogen (secondary N) is 2. The Morgan fingerprint density at radius 1 is 1.12 bits per heavy atom. The minimum Gasteiger partial charge on any atom is -0.358 e. The quantitative estimate of drug-likeness (QED) is 0.700. The smallest absolute Gasteiger partial charge is 0.224 e. The SMILES string of the molecule is Cc1[nH]c2ccc(F)cc2c1CC(=O)NCC(C)(C)c1cccc(F)c1. The Labute approximate surface area is 151 Å². The summed E-state index contributed by atoms with van der Waals surface area (Å²) in [6, 6.07) is 10.9. The van der Waals surface area contributed by atoms with Crippen molar-refractivity contribution in [3.8, 4) is 0 Å². The lowest BCUT2D eigenvalue weighted by Gasteiger charge is -2.25. The van der Waals surface area contributed by atoms with Crippen LogP contribution in [-0.2, 0) is 16.6 Å². The van der Waals surface area contributed by atoms with E-state index in [2.05, 4.69) is 10.3 Å². The van der Waals surface area contributed by atoms with Crippen LogP contribution in [0.15, 0.2) is 42.5 Å². The number of hydrogen-bond acceptors (Lipinski definition) is 1. The number of halogens is 2. The van der Waals surface area contributed by atoms with Gasteiger partial charge >= 0.3 is 0 Å². The molecular weight excluding hydrogens is 334 g/mol. The normalized spacial score (nSPS) is 11.7. The zero-order valence-electron chi connectivity index (χ0n) is 15.1. The Bertz CT molecular complexity index is 960. The number of aromatic amines is 1. The molecule has 0 fully saturated rings. The molecule has 3 aromatic rings. The van der Waals surface area contributed by atoms with Gasteiger partial charge in [-0.25, -0.2) is 8.78 Å². The monoisotopic (exact) mass is 356 g/mol. The third-order valence-corrected chi connectivity index (χ3v) is 4.75. The molecule has 0 spiro atoms. The molecular formula is C21H22F2N2O. The van der Waals surface area contributed by atoms with Gasteiger partial charge in [-0.3, -0.25) is 4.79 Å². The van der Waals surface area contributed by atoms with E-state index in [0.717, 1.165) is 27.7 Å². The van der Waals surface area contributed by atoms with E-state index in [1.807, 2.05) is 26.8 Å². The fraction of sp³-hybridized carbons (Fsp3) is 0.286. The van der Waals surface area contributed by atoms with Crippen LogP contribution in [0.5, 0.6) is 0 Å². The molecule has 0 unspecified atom stereocenters. The lowest BCUT2D eigenvalue weighted by atomic mass is 9.84. The van der Waals surface area contributed by atoms with Crippen molar-refractivity contribution in [2.45, 2.75) is 32.6 Å². The van der Waals surface area contributed by atoms with Crippen LogP contribution in [0.25, 0.3) is 10.9 Å². The maximum absolute atomic E-state index is 13.5. The van der Waals surface area contributed by atoms with Crippen molar-refractivity contribution in [3.05, 3.63) is 70.9 Å². The highest BCUT2D eigenvalue weighted by Gasteiger charge is 2.22. The van der Waals surface area contributed by atoms with Gasteiger partial charge in [0.15, 0.2) is 0 Å². The number of aryl methyl sites for hydroxylation is 1. The molecule has 0 saturated carbocycles. The highest BCUT2D eigenvalue weighted by atomic mass is 19.1. The number of amides is 1. The zero-order valence-corrected chi connectivity index (χ0v) is 15.1. The fourth-order valence-electron chi connectivity index (χ4n) is 3.14. The van der Waals surface area contributed by atoms with Crippen LogP contribution in [0.4, 0.5) is 8.78 Å². The van der Waals surface area contributed by atoms with Gasteiger partial charge in [0.2, 0.25) is 5.91 Å². The summed E-state index contributed by atoms with van der Waals surface area (Å²) in [6.07, 6.45) is 0.161. The Balaban J connectivity index is 1.72. The Kier molecular flexibility index (Phi) is 4.81. The molecule has 2 N–H and O–H groups in total. The van der Waals surface area contributed by atoms with Crippen molar-refractivity contribution in [1.82, 2.24) is 10.3 Å². The first kappa shape index (κ1) is 18.1. The maximum Gasteiger partial charge on any atom is 0.224 e. The second kappa shape index (κ2) is 6.90. The third-order valence-electron chi connectivity index (χ3n) is 4.75. The molecule has 136 valence electrons. The van der Waals surface area contributed by atoms with E-state index in [1.54, 1.807) is 12.1 Å². The van der Waals surface area contributed by atoms with E-state index >= 15 is 0 Å². The number of fused-ring (bicyclic) bond motifs is 1. The topological polar surface area (TPSA) is 44.9 Å². The summed E-state index contributed by atoms with van der Waals surface area (Å²) in [6.45, 7) is 6.16. The van der Waals surface area contributed by atoms with Crippen molar-refractivity contribution >= 4 is 16.8 Å². The predicted octanol–water partition coefficient (Wildman–Crippen LogP) is 4.39. The molecule has 1 aromatic heterocycles. The first-order valence-corrected chi connectivity index (χ1v) is 8.56. The molecule has 0 radical (unpaired) electrons. The Morgan fingerprint density at radius 3 is 2.58 bits per heavy atom. The van der Waals surface area contributed by atoms with Crippen molar-refractivity contribution < 1.29 is 13.6 Å². The predicted molar refractivity (Wildman–Crippen MR) is 99.1 cm³/mol.